The first kappa shape index (κ1) is 18.3. The Morgan fingerprint density at radius 3 is 2.21 bits per heavy atom. The minimum absolute atomic E-state index is 0.0797. The highest BCUT2D eigenvalue weighted by Crippen LogP contribution is 2.30. The number of hydrogen-bond acceptors (Lipinski definition) is 4. The Balaban J connectivity index is 2.44. The van der Waals surface area contributed by atoms with Crippen molar-refractivity contribution < 1.29 is 13.2 Å². The van der Waals surface area contributed by atoms with Crippen molar-refractivity contribution in [2.45, 2.75) is 51.0 Å². The number of rotatable bonds is 5. The maximum absolute atomic E-state index is 12.9. The average molecular weight is 351 g/mol. The Kier molecular flexibility index (Phi) is 4.94. The van der Waals surface area contributed by atoms with E-state index in [4.69, 9.17) is 4.74 Å². The lowest BCUT2D eigenvalue weighted by atomic mass is 9.92. The number of nitrogens with zero attached hydrogens (tertiary/aromatic N) is 2. The molecule has 0 radical (unpaired) electrons. The zero-order valence-corrected chi connectivity index (χ0v) is 15.8. The van der Waals surface area contributed by atoms with Crippen molar-refractivity contribution in [2.24, 2.45) is 0 Å². The maximum Gasteiger partial charge on any atom is 0.265 e. The van der Waals surface area contributed by atoms with Gasteiger partial charge in [0.25, 0.3) is 10.0 Å². The molecular formula is C17H25N3O3S. The van der Waals surface area contributed by atoms with E-state index < -0.39 is 10.0 Å². The molecule has 0 atom stereocenters. The van der Waals surface area contributed by atoms with Crippen LogP contribution < -0.4 is 9.46 Å². The van der Waals surface area contributed by atoms with Gasteiger partial charge in [-0.3, -0.25) is 9.40 Å². The van der Waals surface area contributed by atoms with Gasteiger partial charge in [-0.25, -0.2) is 8.42 Å². The van der Waals surface area contributed by atoms with E-state index in [-0.39, 0.29) is 16.4 Å². The Bertz CT molecular complexity index is 801. The van der Waals surface area contributed by atoms with E-state index in [0.717, 1.165) is 0 Å². The second-order valence-corrected chi connectivity index (χ2v) is 8.65. The van der Waals surface area contributed by atoms with Crippen molar-refractivity contribution in [1.82, 2.24) is 9.78 Å². The first-order valence-corrected chi connectivity index (χ1v) is 9.29. The van der Waals surface area contributed by atoms with Crippen molar-refractivity contribution >= 4 is 15.7 Å². The maximum atomic E-state index is 12.9. The Hall–Kier alpha value is -2.02. The first-order chi connectivity index (χ1) is 11.0. The van der Waals surface area contributed by atoms with Gasteiger partial charge in [-0.2, -0.15) is 5.10 Å². The summed E-state index contributed by atoms with van der Waals surface area (Å²) in [5, 5.41) is 4.49. The van der Waals surface area contributed by atoms with E-state index in [1.54, 1.807) is 42.3 Å². The summed E-state index contributed by atoms with van der Waals surface area (Å²) in [5.74, 6) is 0.668. The molecule has 7 heteroatoms. The molecule has 24 heavy (non-hydrogen) atoms. The van der Waals surface area contributed by atoms with E-state index in [2.05, 4.69) is 9.82 Å². The molecule has 0 aliphatic heterocycles. The van der Waals surface area contributed by atoms with Crippen molar-refractivity contribution in [3.63, 3.8) is 0 Å². The number of hydrogen-bond donors (Lipinski definition) is 1. The van der Waals surface area contributed by atoms with Crippen LogP contribution in [-0.2, 0) is 15.4 Å². The lowest BCUT2D eigenvalue weighted by Crippen LogP contribution is -2.20. The zero-order chi connectivity index (χ0) is 18.1. The second-order valence-electron chi connectivity index (χ2n) is 7.00. The third-order valence-corrected chi connectivity index (χ3v) is 4.95. The van der Waals surface area contributed by atoms with Gasteiger partial charge in [0, 0.05) is 23.3 Å². The van der Waals surface area contributed by atoms with Crippen LogP contribution in [0.5, 0.6) is 5.75 Å². The fourth-order valence-corrected chi connectivity index (χ4v) is 3.63. The minimum Gasteiger partial charge on any atom is -0.497 e. The monoisotopic (exact) mass is 351 g/mol. The topological polar surface area (TPSA) is 73.2 Å². The summed E-state index contributed by atoms with van der Waals surface area (Å²) in [6.45, 7) is 9.78. The summed E-state index contributed by atoms with van der Waals surface area (Å²) in [6, 6.07) is 6.83. The third-order valence-electron chi connectivity index (χ3n) is 3.57. The van der Waals surface area contributed by atoms with Gasteiger partial charge in [-0.1, -0.05) is 20.8 Å². The molecule has 0 amide bonds. The molecule has 0 unspecified atom stereocenters. The van der Waals surface area contributed by atoms with Crippen LogP contribution in [0.3, 0.4) is 0 Å². The molecule has 1 N–H and O–H groups in total. The molecule has 0 fully saturated rings. The molecule has 0 spiro atoms. The number of sulfonamides is 1. The number of ether oxygens (including phenoxy) is 1. The van der Waals surface area contributed by atoms with Crippen molar-refractivity contribution in [3.8, 4) is 5.75 Å². The van der Waals surface area contributed by atoms with Crippen LogP contribution in [0, 0.1) is 0 Å². The Morgan fingerprint density at radius 2 is 1.75 bits per heavy atom. The van der Waals surface area contributed by atoms with Crippen molar-refractivity contribution in [2.75, 3.05) is 11.8 Å². The van der Waals surface area contributed by atoms with Gasteiger partial charge in [0.1, 0.15) is 10.6 Å². The fourth-order valence-electron chi connectivity index (χ4n) is 2.22. The third kappa shape index (κ3) is 3.90. The molecule has 0 aliphatic rings. The predicted octanol–water partition coefficient (Wildman–Crippen LogP) is 3.57. The number of nitrogens with one attached hydrogen (secondary N) is 1. The molecule has 6 nitrogen and oxygen atoms in total. The lowest BCUT2D eigenvalue weighted by Gasteiger charge is -2.18. The van der Waals surface area contributed by atoms with Crippen molar-refractivity contribution in [1.29, 1.82) is 0 Å². The smallest absolute Gasteiger partial charge is 0.265 e. The quantitative estimate of drug-likeness (QED) is 0.894. The van der Waals surface area contributed by atoms with Crippen LogP contribution in [0.4, 0.5) is 5.69 Å². The van der Waals surface area contributed by atoms with E-state index in [1.165, 1.54) is 0 Å². The molecule has 132 valence electrons. The van der Waals surface area contributed by atoms with E-state index in [1.807, 2.05) is 34.6 Å². The van der Waals surface area contributed by atoms with Gasteiger partial charge in [0.05, 0.1) is 12.8 Å². The van der Waals surface area contributed by atoms with Gasteiger partial charge in [-0.05, 0) is 38.1 Å². The lowest BCUT2D eigenvalue weighted by molar-refractivity contribution is 0.415. The molecular weight excluding hydrogens is 326 g/mol. The summed E-state index contributed by atoms with van der Waals surface area (Å²) < 4.78 is 35.1. The highest BCUT2D eigenvalue weighted by Gasteiger charge is 2.30. The summed E-state index contributed by atoms with van der Waals surface area (Å²) >= 11 is 0. The molecule has 2 rings (SSSR count). The normalized spacial score (nSPS) is 12.5. The van der Waals surface area contributed by atoms with E-state index in [9.17, 15) is 8.42 Å². The summed E-state index contributed by atoms with van der Waals surface area (Å²) in [7, 11) is -2.17. The second kappa shape index (κ2) is 6.47. The SMILES string of the molecule is COc1ccc(NS(=O)(=O)c2cn(C(C)C)nc2C(C)(C)C)cc1. The highest BCUT2D eigenvalue weighted by atomic mass is 32.2. The van der Waals surface area contributed by atoms with Crippen molar-refractivity contribution in [3.05, 3.63) is 36.2 Å². The first-order valence-electron chi connectivity index (χ1n) is 7.81. The molecule has 0 saturated heterocycles. The molecule has 1 aromatic heterocycles. The number of benzene rings is 1. The summed E-state index contributed by atoms with van der Waals surface area (Å²) in [6.07, 6.45) is 1.59. The molecule has 1 aromatic carbocycles. The average Bonchev–Trinajstić information content (AvgIpc) is 2.94. The van der Waals surface area contributed by atoms with Crippen LogP contribution in [0.15, 0.2) is 35.4 Å². The zero-order valence-electron chi connectivity index (χ0n) is 15.0. The van der Waals surface area contributed by atoms with Crippen LogP contribution >= 0.6 is 0 Å². The van der Waals surface area contributed by atoms with Gasteiger partial charge in [0.15, 0.2) is 0 Å². The molecule has 1 heterocycles. The predicted molar refractivity (Wildman–Crippen MR) is 95.1 cm³/mol. The number of methoxy groups -OCH3 is 1. The van der Waals surface area contributed by atoms with Gasteiger partial charge in [0.2, 0.25) is 0 Å². The summed E-state index contributed by atoms with van der Waals surface area (Å²) in [5.41, 5.74) is 0.648. The largest absolute Gasteiger partial charge is 0.497 e. The standard InChI is InChI=1S/C17H25N3O3S/c1-12(2)20-11-15(16(18-20)17(3,4)5)24(21,22)19-13-7-9-14(23-6)10-8-13/h7-12,19H,1-6H3. The molecule has 2 aromatic rings. The molecule has 0 saturated carbocycles. The summed E-state index contributed by atoms with van der Waals surface area (Å²) in [4.78, 5) is 0.208. The van der Waals surface area contributed by atoms with Crippen LogP contribution in [-0.4, -0.2) is 25.3 Å². The van der Waals surface area contributed by atoms with E-state index in [0.29, 0.717) is 17.1 Å². The minimum atomic E-state index is -3.73. The van der Waals surface area contributed by atoms with Crippen LogP contribution in [0.1, 0.15) is 46.4 Å². The van der Waals surface area contributed by atoms with Crippen LogP contribution in [0.25, 0.3) is 0 Å². The van der Waals surface area contributed by atoms with Gasteiger partial charge >= 0.3 is 0 Å². The number of aromatic nitrogens is 2. The molecule has 0 bridgehead atoms. The van der Waals surface area contributed by atoms with Crippen LogP contribution in [0.2, 0.25) is 0 Å². The van der Waals surface area contributed by atoms with E-state index >= 15 is 0 Å². The van der Waals surface area contributed by atoms with Gasteiger partial charge < -0.3 is 4.74 Å². The fraction of sp³-hybridized carbons (Fsp3) is 0.471. The highest BCUT2D eigenvalue weighted by molar-refractivity contribution is 7.92. The molecule has 0 aliphatic carbocycles. The Labute approximate surface area is 143 Å². The Morgan fingerprint density at radius 1 is 1.17 bits per heavy atom. The van der Waals surface area contributed by atoms with Gasteiger partial charge in [-0.15, -0.1) is 0 Å². The number of anilines is 1.